The first kappa shape index (κ1) is 14.7. The van der Waals surface area contributed by atoms with Gasteiger partial charge in [0.05, 0.1) is 13.0 Å². The van der Waals surface area contributed by atoms with Gasteiger partial charge >= 0.3 is 0 Å². The van der Waals surface area contributed by atoms with Crippen LogP contribution in [-0.2, 0) is 14.5 Å². The molecule has 0 aliphatic carbocycles. The molecule has 0 aliphatic rings. The molecule has 0 aliphatic heterocycles. The molecular formula is C13H19NO3S. The topological polar surface area (TPSA) is 55.7 Å². The number of carbonyl (C=O) groups excluding carboxylic acids is 1. The maximum Gasteiger partial charge on any atom is 0.257 e. The fourth-order valence-electron chi connectivity index (χ4n) is 1.56. The summed E-state index contributed by atoms with van der Waals surface area (Å²) in [6.07, 6.45) is 3.03. The Morgan fingerprint density at radius 2 is 1.83 bits per heavy atom. The van der Waals surface area contributed by atoms with Gasteiger partial charge in [0.25, 0.3) is 5.91 Å². The zero-order valence-corrected chi connectivity index (χ0v) is 12.0. The third-order valence-electron chi connectivity index (χ3n) is 2.29. The van der Waals surface area contributed by atoms with Crippen LogP contribution in [0.3, 0.4) is 0 Å². The second kappa shape index (κ2) is 6.00. The maximum absolute atomic E-state index is 11.4. The van der Waals surface area contributed by atoms with E-state index in [1.165, 1.54) is 12.5 Å². The molecule has 1 aromatic carbocycles. The predicted molar refractivity (Wildman–Crippen MR) is 73.5 cm³/mol. The lowest BCUT2D eigenvalue weighted by atomic mass is 10.1. The molecule has 100 valence electrons. The lowest BCUT2D eigenvalue weighted by Gasteiger charge is -2.10. The van der Waals surface area contributed by atoms with Gasteiger partial charge in [-0.25, -0.2) is 4.21 Å². The normalized spacial score (nSPS) is 11.1. The fourth-order valence-corrected chi connectivity index (χ4v) is 2.14. The van der Waals surface area contributed by atoms with Gasteiger partial charge in [-0.1, -0.05) is 18.2 Å². The number of rotatable bonds is 4. The number of hydrogen-bond donors (Lipinski definition) is 0. The van der Waals surface area contributed by atoms with Gasteiger partial charge in [-0.2, -0.15) is 4.36 Å². The van der Waals surface area contributed by atoms with Gasteiger partial charge in [0, 0.05) is 22.2 Å². The van der Waals surface area contributed by atoms with E-state index in [9.17, 15) is 9.00 Å². The molecule has 0 spiro atoms. The smallest absolute Gasteiger partial charge is 0.257 e. The summed E-state index contributed by atoms with van der Waals surface area (Å²) in [5, 5.41) is 0. The van der Waals surface area contributed by atoms with Crippen molar-refractivity contribution in [3.63, 3.8) is 0 Å². The number of hydrogen-bond acceptors (Lipinski definition) is 3. The Morgan fingerprint density at radius 1 is 1.28 bits per heavy atom. The van der Waals surface area contributed by atoms with Crippen molar-refractivity contribution in [3.05, 3.63) is 29.3 Å². The van der Waals surface area contributed by atoms with Crippen LogP contribution in [0.5, 0.6) is 5.75 Å². The number of nitrogens with zero attached hydrogens (tertiary/aromatic N) is 1. The molecule has 1 rings (SSSR count). The largest absolute Gasteiger partial charge is 0.493 e. The first-order valence-corrected chi connectivity index (χ1v) is 8.02. The van der Waals surface area contributed by atoms with Gasteiger partial charge in [0.2, 0.25) is 0 Å². The highest BCUT2D eigenvalue weighted by molar-refractivity contribution is 7.92. The molecule has 5 heteroatoms. The number of carbonyl (C=O) groups is 1. The molecule has 0 saturated carbocycles. The molecule has 0 unspecified atom stereocenters. The van der Waals surface area contributed by atoms with E-state index in [0.717, 1.165) is 16.9 Å². The standard InChI is InChI=1S/C13H19NO3S/c1-10-6-5-7-11(2)13(10)17-9-8-12(15)14-18(3,4)16/h5-7H,8-9H2,1-4H3. The van der Waals surface area contributed by atoms with Crippen LogP contribution in [-0.4, -0.2) is 29.2 Å². The molecule has 0 saturated heterocycles. The van der Waals surface area contributed by atoms with Crippen LogP contribution in [0.2, 0.25) is 0 Å². The number of benzene rings is 1. The SMILES string of the molecule is Cc1cccc(C)c1OCCC(=O)N=S(C)(C)=O. The van der Waals surface area contributed by atoms with E-state index >= 15 is 0 Å². The molecular weight excluding hydrogens is 250 g/mol. The summed E-state index contributed by atoms with van der Waals surface area (Å²) in [6.45, 7) is 4.17. The van der Waals surface area contributed by atoms with Crippen molar-refractivity contribution in [2.75, 3.05) is 19.1 Å². The fraction of sp³-hybridized carbons (Fsp3) is 0.462. The van der Waals surface area contributed by atoms with E-state index in [1.54, 1.807) is 0 Å². The van der Waals surface area contributed by atoms with Gasteiger partial charge < -0.3 is 4.74 Å². The van der Waals surface area contributed by atoms with E-state index in [-0.39, 0.29) is 18.9 Å². The monoisotopic (exact) mass is 269 g/mol. The van der Waals surface area contributed by atoms with Crippen molar-refractivity contribution >= 4 is 15.6 Å². The Kier molecular flexibility index (Phi) is 4.90. The Bertz CT molecular complexity index is 529. The minimum Gasteiger partial charge on any atom is -0.493 e. The quantitative estimate of drug-likeness (QED) is 0.843. The molecule has 0 aromatic heterocycles. The number of aryl methyl sites for hydroxylation is 2. The Labute approximate surface area is 109 Å². The van der Waals surface area contributed by atoms with Crippen LogP contribution in [0.25, 0.3) is 0 Å². The molecule has 0 atom stereocenters. The van der Waals surface area contributed by atoms with E-state index in [4.69, 9.17) is 4.74 Å². The van der Waals surface area contributed by atoms with E-state index in [0.29, 0.717) is 0 Å². The van der Waals surface area contributed by atoms with Crippen molar-refractivity contribution in [1.29, 1.82) is 0 Å². The summed E-state index contributed by atoms with van der Waals surface area (Å²) in [4.78, 5) is 11.4. The minimum absolute atomic E-state index is 0.145. The predicted octanol–water partition coefficient (Wildman–Crippen LogP) is 2.33. The van der Waals surface area contributed by atoms with E-state index in [1.807, 2.05) is 32.0 Å². The molecule has 1 amide bonds. The lowest BCUT2D eigenvalue weighted by Crippen LogP contribution is -2.07. The Hall–Kier alpha value is -1.36. The summed E-state index contributed by atoms with van der Waals surface area (Å²) < 4.78 is 20.5. The number of amides is 1. The van der Waals surface area contributed by atoms with Crippen LogP contribution in [0.4, 0.5) is 0 Å². The average molecular weight is 269 g/mol. The third kappa shape index (κ3) is 4.87. The molecule has 0 N–H and O–H groups in total. The molecule has 1 aromatic rings. The second-order valence-electron chi connectivity index (χ2n) is 4.49. The van der Waals surface area contributed by atoms with Crippen molar-refractivity contribution in [2.24, 2.45) is 4.36 Å². The van der Waals surface area contributed by atoms with E-state index in [2.05, 4.69) is 4.36 Å². The average Bonchev–Trinajstić information content (AvgIpc) is 2.19. The maximum atomic E-state index is 11.4. The Balaban J connectivity index is 2.58. The summed E-state index contributed by atoms with van der Waals surface area (Å²) in [7, 11) is -2.36. The number of para-hydroxylation sites is 1. The molecule has 0 bridgehead atoms. The van der Waals surface area contributed by atoms with Crippen LogP contribution < -0.4 is 4.74 Å². The first-order chi connectivity index (χ1) is 8.29. The van der Waals surface area contributed by atoms with Crippen molar-refractivity contribution in [3.8, 4) is 5.75 Å². The summed E-state index contributed by atoms with van der Waals surface area (Å²) >= 11 is 0. The van der Waals surface area contributed by atoms with E-state index < -0.39 is 9.73 Å². The summed E-state index contributed by atoms with van der Waals surface area (Å²) in [5.41, 5.74) is 2.07. The summed E-state index contributed by atoms with van der Waals surface area (Å²) in [6, 6.07) is 5.88. The van der Waals surface area contributed by atoms with Gasteiger partial charge in [-0.3, -0.25) is 4.79 Å². The molecule has 18 heavy (non-hydrogen) atoms. The molecule has 0 fully saturated rings. The van der Waals surface area contributed by atoms with Crippen LogP contribution >= 0.6 is 0 Å². The van der Waals surface area contributed by atoms with Crippen LogP contribution in [0.1, 0.15) is 17.5 Å². The molecule has 0 radical (unpaired) electrons. The zero-order valence-electron chi connectivity index (χ0n) is 11.2. The Morgan fingerprint density at radius 3 is 2.33 bits per heavy atom. The lowest BCUT2D eigenvalue weighted by molar-refractivity contribution is -0.118. The van der Waals surface area contributed by atoms with Gasteiger partial charge in [0.1, 0.15) is 5.75 Å². The molecule has 0 heterocycles. The zero-order chi connectivity index (χ0) is 13.8. The van der Waals surface area contributed by atoms with Crippen molar-refractivity contribution < 1.29 is 13.7 Å². The first-order valence-electron chi connectivity index (χ1n) is 5.68. The minimum atomic E-state index is -2.36. The van der Waals surface area contributed by atoms with Crippen molar-refractivity contribution in [2.45, 2.75) is 20.3 Å². The number of ether oxygens (including phenoxy) is 1. The third-order valence-corrected chi connectivity index (χ3v) is 2.94. The van der Waals surface area contributed by atoms with Crippen LogP contribution in [0, 0.1) is 13.8 Å². The van der Waals surface area contributed by atoms with Gasteiger partial charge in [-0.05, 0) is 25.0 Å². The summed E-state index contributed by atoms with van der Waals surface area (Å²) in [5.74, 6) is 0.426. The molecule has 4 nitrogen and oxygen atoms in total. The van der Waals surface area contributed by atoms with Gasteiger partial charge in [0.15, 0.2) is 0 Å². The highest BCUT2D eigenvalue weighted by Crippen LogP contribution is 2.22. The van der Waals surface area contributed by atoms with Crippen LogP contribution in [0.15, 0.2) is 22.6 Å². The second-order valence-corrected chi connectivity index (χ2v) is 7.03. The van der Waals surface area contributed by atoms with Gasteiger partial charge in [-0.15, -0.1) is 0 Å². The highest BCUT2D eigenvalue weighted by atomic mass is 32.2. The highest BCUT2D eigenvalue weighted by Gasteiger charge is 2.06. The van der Waals surface area contributed by atoms with Crippen molar-refractivity contribution in [1.82, 2.24) is 0 Å².